The summed E-state index contributed by atoms with van der Waals surface area (Å²) in [4.78, 5) is 0. The minimum Gasteiger partial charge on any atom is -0.255 e. The third-order valence-electron chi connectivity index (χ3n) is 5.07. The Morgan fingerprint density at radius 3 is 1.88 bits per heavy atom. The van der Waals surface area contributed by atoms with Gasteiger partial charge in [0, 0.05) is 20.6 Å². The first kappa shape index (κ1) is 12.7. The molecule has 0 spiro atoms. The van der Waals surface area contributed by atoms with Crippen molar-refractivity contribution in [3.05, 3.63) is 0 Å². The molecule has 0 aromatic carbocycles. The van der Waals surface area contributed by atoms with Crippen molar-refractivity contribution in [3.8, 4) is 0 Å². The summed E-state index contributed by atoms with van der Waals surface area (Å²) in [6.45, 7) is 1.22. The Morgan fingerprint density at radius 2 is 1.44 bits per heavy atom. The molecule has 0 unspecified atom stereocenters. The molecule has 0 aromatic rings. The monoisotopic (exact) mass is 244 g/mol. The Labute approximate surface area is 106 Å². The van der Waals surface area contributed by atoms with Crippen LogP contribution in [0.1, 0.15) is 32.1 Å². The molecule has 2 nitrogen and oxygen atoms in total. The first-order valence-corrected chi connectivity index (χ1v) is 6.63. The predicted octanol–water partition coefficient (Wildman–Crippen LogP) is 2.55. The highest BCUT2D eigenvalue weighted by molar-refractivity contribution is 5.85. The zero-order chi connectivity index (χ0) is 10.4. The summed E-state index contributed by atoms with van der Waals surface area (Å²) in [5, 5.41) is 2.12. The van der Waals surface area contributed by atoms with Gasteiger partial charge in [-0.3, -0.25) is 10.4 Å². The second-order valence-corrected chi connectivity index (χ2v) is 6.35. The average Bonchev–Trinajstić information content (AvgIpc) is 2.14. The molecule has 16 heavy (non-hydrogen) atoms. The molecule has 1 N–H and O–H groups in total. The third kappa shape index (κ3) is 2.25. The fourth-order valence-electron chi connectivity index (χ4n) is 4.66. The minimum atomic E-state index is 0. The van der Waals surface area contributed by atoms with Crippen molar-refractivity contribution in [1.82, 2.24) is 10.4 Å². The van der Waals surface area contributed by atoms with Crippen LogP contribution in [0.15, 0.2) is 0 Å². The lowest BCUT2D eigenvalue weighted by molar-refractivity contribution is -0.0404. The summed E-state index contributed by atoms with van der Waals surface area (Å²) < 4.78 is 0. The van der Waals surface area contributed by atoms with Gasteiger partial charge in [-0.2, -0.15) is 0 Å². The molecular weight excluding hydrogens is 220 g/mol. The van der Waals surface area contributed by atoms with Gasteiger partial charge < -0.3 is 0 Å². The fourth-order valence-corrected chi connectivity index (χ4v) is 4.66. The van der Waals surface area contributed by atoms with E-state index in [4.69, 9.17) is 0 Å². The summed E-state index contributed by atoms with van der Waals surface area (Å²) in [5.41, 5.74) is 3.51. The molecule has 4 aliphatic carbocycles. The smallest absolute Gasteiger partial charge is 0.0136 e. The second kappa shape index (κ2) is 4.83. The van der Waals surface area contributed by atoms with Crippen LogP contribution in [0.5, 0.6) is 0 Å². The van der Waals surface area contributed by atoms with E-state index in [1.807, 2.05) is 0 Å². The third-order valence-corrected chi connectivity index (χ3v) is 5.07. The van der Waals surface area contributed by atoms with Crippen molar-refractivity contribution in [2.24, 2.45) is 29.6 Å². The number of halogens is 1. The summed E-state index contributed by atoms with van der Waals surface area (Å²) in [7, 11) is 4.21. The largest absolute Gasteiger partial charge is 0.255 e. The molecule has 4 fully saturated rings. The lowest BCUT2D eigenvalue weighted by atomic mass is 9.52. The SMILES string of the molecule is CN(C)NCC1C2CC3CC(C2)CC1C3.Cl. The van der Waals surface area contributed by atoms with Crippen LogP contribution in [-0.4, -0.2) is 25.6 Å². The Balaban J connectivity index is 0.000000963. The highest BCUT2D eigenvalue weighted by Crippen LogP contribution is 2.56. The van der Waals surface area contributed by atoms with Gasteiger partial charge in [0.1, 0.15) is 0 Å². The molecule has 0 amide bonds. The Hall–Kier alpha value is 0.210. The zero-order valence-electron chi connectivity index (χ0n) is 10.5. The molecule has 0 radical (unpaired) electrons. The number of hydrogen-bond acceptors (Lipinski definition) is 2. The van der Waals surface area contributed by atoms with Crippen LogP contribution in [0.2, 0.25) is 0 Å². The number of hydrazine groups is 1. The molecule has 94 valence electrons. The van der Waals surface area contributed by atoms with E-state index in [0.717, 1.165) is 29.6 Å². The molecule has 4 bridgehead atoms. The molecule has 4 rings (SSSR count). The predicted molar refractivity (Wildman–Crippen MR) is 69.5 cm³/mol. The van der Waals surface area contributed by atoms with E-state index in [-0.39, 0.29) is 12.4 Å². The highest BCUT2D eigenvalue weighted by Gasteiger charge is 2.47. The topological polar surface area (TPSA) is 15.3 Å². The van der Waals surface area contributed by atoms with E-state index < -0.39 is 0 Å². The number of nitrogens with zero attached hydrogens (tertiary/aromatic N) is 1. The van der Waals surface area contributed by atoms with Crippen LogP contribution in [0, 0.1) is 29.6 Å². The van der Waals surface area contributed by atoms with E-state index in [2.05, 4.69) is 24.5 Å². The Bertz CT molecular complexity index is 214. The Kier molecular flexibility index (Phi) is 3.82. The molecule has 0 heterocycles. The normalized spacial score (nSPS) is 44.8. The van der Waals surface area contributed by atoms with Gasteiger partial charge in [0.15, 0.2) is 0 Å². The highest BCUT2D eigenvalue weighted by atomic mass is 35.5. The first-order chi connectivity index (χ1) is 7.22. The van der Waals surface area contributed by atoms with E-state index >= 15 is 0 Å². The van der Waals surface area contributed by atoms with Crippen molar-refractivity contribution < 1.29 is 0 Å². The zero-order valence-corrected chi connectivity index (χ0v) is 11.3. The van der Waals surface area contributed by atoms with Crippen LogP contribution in [0.25, 0.3) is 0 Å². The van der Waals surface area contributed by atoms with Crippen LogP contribution < -0.4 is 5.43 Å². The maximum atomic E-state index is 3.51. The van der Waals surface area contributed by atoms with Gasteiger partial charge in [-0.1, -0.05) is 0 Å². The van der Waals surface area contributed by atoms with E-state index in [1.54, 1.807) is 32.1 Å². The summed E-state index contributed by atoms with van der Waals surface area (Å²) in [6.07, 6.45) is 7.76. The van der Waals surface area contributed by atoms with Crippen molar-refractivity contribution in [2.45, 2.75) is 32.1 Å². The number of nitrogens with one attached hydrogen (secondary N) is 1. The summed E-state index contributed by atoms with van der Waals surface area (Å²) in [5.74, 6) is 5.34. The quantitative estimate of drug-likeness (QED) is 0.768. The fraction of sp³-hybridized carbons (Fsp3) is 1.00. The van der Waals surface area contributed by atoms with Gasteiger partial charge in [-0.25, -0.2) is 0 Å². The second-order valence-electron chi connectivity index (χ2n) is 6.35. The van der Waals surface area contributed by atoms with E-state index in [0.29, 0.717) is 0 Å². The van der Waals surface area contributed by atoms with Crippen molar-refractivity contribution in [3.63, 3.8) is 0 Å². The van der Waals surface area contributed by atoms with Gasteiger partial charge in [-0.15, -0.1) is 12.4 Å². The van der Waals surface area contributed by atoms with Crippen LogP contribution in [0.4, 0.5) is 0 Å². The molecule has 0 aliphatic heterocycles. The maximum absolute atomic E-state index is 3.51. The Morgan fingerprint density at radius 1 is 0.938 bits per heavy atom. The summed E-state index contributed by atoms with van der Waals surface area (Å²) >= 11 is 0. The molecule has 4 aliphatic rings. The van der Waals surface area contributed by atoms with E-state index in [9.17, 15) is 0 Å². The van der Waals surface area contributed by atoms with Gasteiger partial charge in [-0.05, 0) is 61.7 Å². The van der Waals surface area contributed by atoms with Gasteiger partial charge in [0.25, 0.3) is 0 Å². The lowest BCUT2D eigenvalue weighted by Gasteiger charge is -2.54. The molecule has 3 heteroatoms. The van der Waals surface area contributed by atoms with Crippen molar-refractivity contribution in [1.29, 1.82) is 0 Å². The lowest BCUT2D eigenvalue weighted by Crippen LogP contribution is -2.49. The van der Waals surface area contributed by atoms with Crippen LogP contribution >= 0.6 is 12.4 Å². The molecule has 0 saturated heterocycles. The number of rotatable bonds is 3. The first-order valence-electron chi connectivity index (χ1n) is 6.63. The van der Waals surface area contributed by atoms with Gasteiger partial charge in [0.2, 0.25) is 0 Å². The van der Waals surface area contributed by atoms with E-state index in [1.165, 1.54) is 6.54 Å². The molecular formula is C13H25ClN2. The molecule has 0 atom stereocenters. The van der Waals surface area contributed by atoms with Crippen LogP contribution in [0.3, 0.4) is 0 Å². The van der Waals surface area contributed by atoms with Gasteiger partial charge in [0.05, 0.1) is 0 Å². The van der Waals surface area contributed by atoms with Crippen LogP contribution in [-0.2, 0) is 0 Å². The molecule has 4 saturated carbocycles. The van der Waals surface area contributed by atoms with Crippen molar-refractivity contribution >= 4 is 12.4 Å². The molecule has 0 aromatic heterocycles. The standard InChI is InChI=1S/C13H24N2.ClH/c1-15(2)14-8-13-11-4-9-3-10(6-11)7-12(13)5-9;/h9-14H,3-8H2,1-2H3;1H. The van der Waals surface area contributed by atoms with Gasteiger partial charge >= 0.3 is 0 Å². The maximum Gasteiger partial charge on any atom is 0.0136 e. The minimum absolute atomic E-state index is 0. The summed E-state index contributed by atoms with van der Waals surface area (Å²) in [6, 6.07) is 0. The average molecular weight is 245 g/mol. The van der Waals surface area contributed by atoms with Crippen molar-refractivity contribution in [2.75, 3.05) is 20.6 Å². The number of hydrogen-bond donors (Lipinski definition) is 1.